The molecule has 0 radical (unpaired) electrons. The fraction of sp³-hybridized carbons (Fsp3) is 0.900. The fourth-order valence-electron chi connectivity index (χ4n) is 1.34. The first-order valence-electron chi connectivity index (χ1n) is 5.39. The summed E-state index contributed by atoms with van der Waals surface area (Å²) >= 11 is 0. The molecule has 1 unspecified atom stereocenters. The summed E-state index contributed by atoms with van der Waals surface area (Å²) in [5.41, 5.74) is 0. The smallest absolute Gasteiger partial charge is 0.234 e. The Morgan fingerprint density at radius 2 is 2.29 bits per heavy atom. The maximum absolute atomic E-state index is 11.4. The van der Waals surface area contributed by atoms with E-state index >= 15 is 0 Å². The number of aliphatic hydroxyl groups is 1. The Morgan fingerprint density at radius 3 is 2.79 bits per heavy atom. The molecule has 4 heteroatoms. The van der Waals surface area contributed by atoms with Crippen LogP contribution in [-0.4, -0.2) is 36.2 Å². The van der Waals surface area contributed by atoms with Gasteiger partial charge in [0.2, 0.25) is 5.91 Å². The van der Waals surface area contributed by atoms with Crippen molar-refractivity contribution in [3.8, 4) is 0 Å². The molecular formula is C10H20N2O2. The summed E-state index contributed by atoms with van der Waals surface area (Å²) in [5, 5.41) is 14.8. The summed E-state index contributed by atoms with van der Waals surface area (Å²) in [6.07, 6.45) is 3.91. The van der Waals surface area contributed by atoms with Gasteiger partial charge in [0.15, 0.2) is 0 Å². The van der Waals surface area contributed by atoms with Gasteiger partial charge in [0.1, 0.15) is 0 Å². The number of aliphatic hydroxyl groups excluding tert-OH is 1. The van der Waals surface area contributed by atoms with Crippen molar-refractivity contribution in [1.29, 1.82) is 0 Å². The summed E-state index contributed by atoms with van der Waals surface area (Å²) in [5.74, 6) is 0.0391. The zero-order chi connectivity index (χ0) is 10.4. The van der Waals surface area contributed by atoms with Crippen LogP contribution >= 0.6 is 0 Å². The molecule has 0 aromatic rings. The van der Waals surface area contributed by atoms with E-state index in [-0.39, 0.29) is 18.6 Å². The SMILES string of the molecule is CCC(CCO)NC(=O)CNC1CC1. The highest BCUT2D eigenvalue weighted by Gasteiger charge is 2.21. The Morgan fingerprint density at radius 1 is 1.57 bits per heavy atom. The average molecular weight is 200 g/mol. The molecule has 0 saturated heterocycles. The van der Waals surface area contributed by atoms with Crippen molar-refractivity contribution in [2.75, 3.05) is 13.2 Å². The van der Waals surface area contributed by atoms with Gasteiger partial charge in [-0.2, -0.15) is 0 Å². The first-order chi connectivity index (χ1) is 6.76. The van der Waals surface area contributed by atoms with E-state index in [2.05, 4.69) is 10.6 Å². The molecule has 1 fully saturated rings. The molecule has 82 valence electrons. The molecule has 0 aromatic carbocycles. The number of amides is 1. The van der Waals surface area contributed by atoms with Gasteiger partial charge >= 0.3 is 0 Å². The van der Waals surface area contributed by atoms with E-state index < -0.39 is 0 Å². The molecule has 4 nitrogen and oxygen atoms in total. The molecule has 1 saturated carbocycles. The lowest BCUT2D eigenvalue weighted by Crippen LogP contribution is -2.41. The summed E-state index contributed by atoms with van der Waals surface area (Å²) in [4.78, 5) is 11.4. The molecule has 1 atom stereocenters. The second-order valence-corrected chi connectivity index (χ2v) is 3.84. The Balaban J connectivity index is 2.09. The minimum atomic E-state index is 0.0391. The van der Waals surface area contributed by atoms with Crippen LogP contribution in [0.3, 0.4) is 0 Å². The summed E-state index contributed by atoms with van der Waals surface area (Å²) in [6, 6.07) is 0.687. The number of rotatable bonds is 7. The first-order valence-corrected chi connectivity index (χ1v) is 5.39. The summed E-state index contributed by atoms with van der Waals surface area (Å²) in [7, 11) is 0. The Labute approximate surface area is 85.1 Å². The van der Waals surface area contributed by atoms with Crippen LogP contribution in [0.4, 0.5) is 0 Å². The molecule has 0 heterocycles. The topological polar surface area (TPSA) is 61.4 Å². The molecule has 1 amide bonds. The Bertz CT molecular complexity index is 181. The molecule has 0 aliphatic heterocycles. The van der Waals surface area contributed by atoms with Crippen molar-refractivity contribution in [1.82, 2.24) is 10.6 Å². The van der Waals surface area contributed by atoms with Crippen molar-refractivity contribution in [2.24, 2.45) is 0 Å². The van der Waals surface area contributed by atoms with Crippen molar-refractivity contribution in [2.45, 2.75) is 44.7 Å². The third-order valence-electron chi connectivity index (χ3n) is 2.46. The van der Waals surface area contributed by atoms with Crippen molar-refractivity contribution in [3.63, 3.8) is 0 Å². The lowest BCUT2D eigenvalue weighted by molar-refractivity contribution is -0.121. The number of hydrogen-bond donors (Lipinski definition) is 3. The van der Waals surface area contributed by atoms with Crippen LogP contribution in [0.2, 0.25) is 0 Å². The molecule has 0 spiro atoms. The van der Waals surface area contributed by atoms with Crippen LogP contribution in [0.25, 0.3) is 0 Å². The van der Waals surface area contributed by atoms with E-state index in [1.165, 1.54) is 12.8 Å². The molecule has 1 rings (SSSR count). The first kappa shape index (κ1) is 11.5. The van der Waals surface area contributed by atoms with E-state index in [0.717, 1.165) is 6.42 Å². The largest absolute Gasteiger partial charge is 0.396 e. The number of nitrogens with one attached hydrogen (secondary N) is 2. The van der Waals surface area contributed by atoms with Crippen LogP contribution in [0.1, 0.15) is 32.6 Å². The minimum absolute atomic E-state index is 0.0391. The second-order valence-electron chi connectivity index (χ2n) is 3.84. The lowest BCUT2D eigenvalue weighted by Gasteiger charge is -2.15. The molecule has 0 aromatic heterocycles. The van der Waals surface area contributed by atoms with Gasteiger partial charge in [-0.1, -0.05) is 6.92 Å². The van der Waals surface area contributed by atoms with Crippen LogP contribution in [0, 0.1) is 0 Å². The van der Waals surface area contributed by atoms with Crippen LogP contribution in [-0.2, 0) is 4.79 Å². The minimum Gasteiger partial charge on any atom is -0.396 e. The summed E-state index contributed by atoms with van der Waals surface area (Å²) in [6.45, 7) is 2.55. The standard InChI is InChI=1S/C10H20N2O2/c1-2-8(5-6-13)12-10(14)7-11-9-3-4-9/h8-9,11,13H,2-7H2,1H3,(H,12,14). The number of carbonyl (C=O) groups is 1. The van der Waals surface area contributed by atoms with Gasteiger partial charge in [-0.05, 0) is 25.7 Å². The van der Waals surface area contributed by atoms with Gasteiger partial charge in [-0.15, -0.1) is 0 Å². The molecule has 1 aliphatic carbocycles. The van der Waals surface area contributed by atoms with Crippen LogP contribution < -0.4 is 10.6 Å². The third-order valence-corrected chi connectivity index (χ3v) is 2.46. The van der Waals surface area contributed by atoms with Crippen molar-refractivity contribution >= 4 is 5.91 Å². The van der Waals surface area contributed by atoms with E-state index in [9.17, 15) is 4.79 Å². The van der Waals surface area contributed by atoms with Crippen molar-refractivity contribution in [3.05, 3.63) is 0 Å². The van der Waals surface area contributed by atoms with Gasteiger partial charge in [0.05, 0.1) is 6.54 Å². The van der Waals surface area contributed by atoms with E-state index in [0.29, 0.717) is 19.0 Å². The highest BCUT2D eigenvalue weighted by Crippen LogP contribution is 2.17. The zero-order valence-corrected chi connectivity index (χ0v) is 8.75. The highest BCUT2D eigenvalue weighted by atomic mass is 16.3. The second kappa shape index (κ2) is 5.98. The summed E-state index contributed by atoms with van der Waals surface area (Å²) < 4.78 is 0. The molecule has 14 heavy (non-hydrogen) atoms. The van der Waals surface area contributed by atoms with E-state index in [1.54, 1.807) is 0 Å². The van der Waals surface area contributed by atoms with Gasteiger partial charge in [-0.3, -0.25) is 4.79 Å². The van der Waals surface area contributed by atoms with Crippen LogP contribution in [0.5, 0.6) is 0 Å². The van der Waals surface area contributed by atoms with Gasteiger partial charge in [0.25, 0.3) is 0 Å². The maximum Gasteiger partial charge on any atom is 0.234 e. The molecular weight excluding hydrogens is 180 g/mol. The molecule has 0 bridgehead atoms. The lowest BCUT2D eigenvalue weighted by atomic mass is 10.1. The highest BCUT2D eigenvalue weighted by molar-refractivity contribution is 5.78. The third kappa shape index (κ3) is 4.58. The predicted molar refractivity (Wildman–Crippen MR) is 54.9 cm³/mol. The Hall–Kier alpha value is -0.610. The average Bonchev–Trinajstić information content (AvgIpc) is 2.97. The van der Waals surface area contributed by atoms with Gasteiger partial charge < -0.3 is 15.7 Å². The maximum atomic E-state index is 11.4. The quantitative estimate of drug-likeness (QED) is 0.543. The zero-order valence-electron chi connectivity index (χ0n) is 8.75. The van der Waals surface area contributed by atoms with E-state index in [1.807, 2.05) is 6.92 Å². The van der Waals surface area contributed by atoms with Crippen molar-refractivity contribution < 1.29 is 9.90 Å². The molecule has 1 aliphatic rings. The number of hydrogen-bond acceptors (Lipinski definition) is 3. The van der Waals surface area contributed by atoms with Gasteiger partial charge in [0, 0.05) is 18.7 Å². The van der Waals surface area contributed by atoms with Crippen LogP contribution in [0.15, 0.2) is 0 Å². The fourth-order valence-corrected chi connectivity index (χ4v) is 1.34. The molecule has 3 N–H and O–H groups in total. The van der Waals surface area contributed by atoms with Gasteiger partial charge in [-0.25, -0.2) is 0 Å². The predicted octanol–water partition coefficient (Wildman–Crippen LogP) is 0.0156. The monoisotopic (exact) mass is 200 g/mol. The normalized spacial score (nSPS) is 17.9. The van der Waals surface area contributed by atoms with E-state index in [4.69, 9.17) is 5.11 Å². The Kier molecular flexibility index (Phi) is 4.90. The number of carbonyl (C=O) groups excluding carboxylic acids is 1.